The van der Waals surface area contributed by atoms with Gasteiger partial charge in [-0.2, -0.15) is 0 Å². The Labute approximate surface area is 122 Å². The van der Waals surface area contributed by atoms with Crippen molar-refractivity contribution in [1.29, 1.82) is 0 Å². The highest BCUT2D eigenvalue weighted by molar-refractivity contribution is 5.82. The monoisotopic (exact) mass is 299 g/mol. The van der Waals surface area contributed by atoms with Crippen LogP contribution in [0, 0.1) is 0 Å². The molecule has 21 heavy (non-hydrogen) atoms. The number of piperidine rings is 1. The van der Waals surface area contributed by atoms with Gasteiger partial charge in [-0.3, -0.25) is 14.5 Å². The molecule has 118 valence electrons. The minimum absolute atomic E-state index is 0.0362. The summed E-state index contributed by atoms with van der Waals surface area (Å²) in [6.45, 7) is 1.65. The van der Waals surface area contributed by atoms with Crippen LogP contribution in [-0.4, -0.2) is 65.7 Å². The SMILES string of the molecule is NC(=O)CN1CCC(NC(=O)[C@@H]2CC[C@H](C(=O)O)O2)CC1. The number of carboxylic acid groups (broad SMARTS) is 1. The summed E-state index contributed by atoms with van der Waals surface area (Å²) < 4.78 is 5.22. The van der Waals surface area contributed by atoms with Gasteiger partial charge in [0.05, 0.1) is 6.54 Å². The molecule has 4 N–H and O–H groups in total. The molecule has 8 nitrogen and oxygen atoms in total. The van der Waals surface area contributed by atoms with E-state index in [9.17, 15) is 14.4 Å². The molecule has 0 unspecified atom stereocenters. The Hall–Kier alpha value is -1.67. The molecule has 2 heterocycles. The Bertz CT molecular complexity index is 420. The van der Waals surface area contributed by atoms with Crippen molar-refractivity contribution in [3.8, 4) is 0 Å². The second-order valence-electron chi connectivity index (χ2n) is 5.55. The van der Waals surface area contributed by atoms with Crippen molar-refractivity contribution in [2.75, 3.05) is 19.6 Å². The van der Waals surface area contributed by atoms with Crippen LogP contribution in [0.4, 0.5) is 0 Å². The van der Waals surface area contributed by atoms with Gasteiger partial charge in [0, 0.05) is 19.1 Å². The molecule has 8 heteroatoms. The van der Waals surface area contributed by atoms with Gasteiger partial charge in [0.15, 0.2) is 6.10 Å². The highest BCUT2D eigenvalue weighted by atomic mass is 16.5. The van der Waals surface area contributed by atoms with Crippen LogP contribution >= 0.6 is 0 Å². The van der Waals surface area contributed by atoms with Gasteiger partial charge >= 0.3 is 5.97 Å². The van der Waals surface area contributed by atoms with E-state index in [0.717, 1.165) is 12.8 Å². The molecule has 0 aromatic carbocycles. The van der Waals surface area contributed by atoms with Gasteiger partial charge in [-0.15, -0.1) is 0 Å². The third-order valence-electron chi connectivity index (χ3n) is 3.90. The Balaban J connectivity index is 1.72. The lowest BCUT2D eigenvalue weighted by molar-refractivity contribution is -0.152. The second-order valence-corrected chi connectivity index (χ2v) is 5.55. The molecular weight excluding hydrogens is 278 g/mol. The molecule has 2 saturated heterocycles. The number of hydrogen-bond acceptors (Lipinski definition) is 5. The minimum atomic E-state index is -1.02. The van der Waals surface area contributed by atoms with E-state index in [4.69, 9.17) is 15.6 Å². The van der Waals surface area contributed by atoms with E-state index in [1.54, 1.807) is 0 Å². The predicted molar refractivity (Wildman–Crippen MR) is 72.3 cm³/mol. The summed E-state index contributed by atoms with van der Waals surface area (Å²) in [5.41, 5.74) is 5.14. The third-order valence-corrected chi connectivity index (χ3v) is 3.90. The Morgan fingerprint density at radius 2 is 1.76 bits per heavy atom. The first-order valence-electron chi connectivity index (χ1n) is 7.15. The highest BCUT2D eigenvalue weighted by Crippen LogP contribution is 2.20. The smallest absolute Gasteiger partial charge is 0.332 e. The van der Waals surface area contributed by atoms with Crippen LogP contribution in [0.1, 0.15) is 25.7 Å². The van der Waals surface area contributed by atoms with Gasteiger partial charge in [0.2, 0.25) is 11.8 Å². The maximum Gasteiger partial charge on any atom is 0.332 e. The quantitative estimate of drug-likeness (QED) is 0.579. The fourth-order valence-electron chi connectivity index (χ4n) is 2.76. The van der Waals surface area contributed by atoms with Crippen LogP contribution in [0.3, 0.4) is 0 Å². The predicted octanol–water partition coefficient (Wildman–Crippen LogP) is -1.32. The summed E-state index contributed by atoms with van der Waals surface area (Å²) in [7, 11) is 0. The van der Waals surface area contributed by atoms with Gasteiger partial charge in [0.1, 0.15) is 6.10 Å². The number of amides is 2. The number of carbonyl (C=O) groups excluding carboxylic acids is 2. The van der Waals surface area contributed by atoms with Crippen molar-refractivity contribution in [1.82, 2.24) is 10.2 Å². The zero-order valence-electron chi connectivity index (χ0n) is 11.8. The van der Waals surface area contributed by atoms with Crippen LogP contribution in [-0.2, 0) is 19.1 Å². The second kappa shape index (κ2) is 6.86. The maximum atomic E-state index is 12.0. The van der Waals surface area contributed by atoms with Crippen LogP contribution < -0.4 is 11.1 Å². The fourth-order valence-corrected chi connectivity index (χ4v) is 2.76. The number of ether oxygens (including phenoxy) is 1. The topological polar surface area (TPSA) is 122 Å². The minimum Gasteiger partial charge on any atom is -0.479 e. The molecule has 2 fully saturated rings. The van der Waals surface area contributed by atoms with Crippen molar-refractivity contribution in [2.24, 2.45) is 5.73 Å². The average molecular weight is 299 g/mol. The van der Waals surface area contributed by atoms with Crippen LogP contribution in [0.2, 0.25) is 0 Å². The van der Waals surface area contributed by atoms with Crippen molar-refractivity contribution >= 4 is 17.8 Å². The van der Waals surface area contributed by atoms with E-state index in [1.165, 1.54) is 0 Å². The first-order valence-corrected chi connectivity index (χ1v) is 7.15. The standard InChI is InChI=1S/C13H21N3O5/c14-11(17)7-16-5-3-8(4-6-16)15-12(18)9-1-2-10(21-9)13(19)20/h8-10H,1-7H2,(H2,14,17)(H,15,18)(H,19,20)/t9-,10+/m0/s1. The van der Waals surface area contributed by atoms with Gasteiger partial charge < -0.3 is 20.9 Å². The number of likely N-dealkylation sites (tertiary alicyclic amines) is 1. The Kier molecular flexibility index (Phi) is 5.13. The number of rotatable bonds is 5. The molecule has 0 aromatic rings. The molecule has 0 aromatic heterocycles. The lowest BCUT2D eigenvalue weighted by atomic mass is 10.0. The van der Waals surface area contributed by atoms with Crippen LogP contribution in [0.15, 0.2) is 0 Å². The van der Waals surface area contributed by atoms with Gasteiger partial charge in [-0.1, -0.05) is 0 Å². The fraction of sp³-hybridized carbons (Fsp3) is 0.769. The number of carboxylic acids is 1. The van der Waals surface area contributed by atoms with E-state index >= 15 is 0 Å². The first kappa shape index (κ1) is 15.7. The van der Waals surface area contributed by atoms with Crippen molar-refractivity contribution < 1.29 is 24.2 Å². The molecule has 0 spiro atoms. The summed E-state index contributed by atoms with van der Waals surface area (Å²) in [5, 5.41) is 11.7. The molecule has 0 saturated carbocycles. The van der Waals surface area contributed by atoms with Crippen molar-refractivity contribution in [2.45, 2.75) is 43.9 Å². The Morgan fingerprint density at radius 1 is 1.14 bits per heavy atom. The Morgan fingerprint density at radius 3 is 2.29 bits per heavy atom. The normalized spacial score (nSPS) is 27.4. The lowest BCUT2D eigenvalue weighted by Crippen LogP contribution is -2.49. The summed E-state index contributed by atoms with van der Waals surface area (Å²) in [5.74, 6) is -1.62. The number of carbonyl (C=O) groups is 3. The summed E-state index contributed by atoms with van der Waals surface area (Å²) in [4.78, 5) is 35.6. The highest BCUT2D eigenvalue weighted by Gasteiger charge is 2.35. The summed E-state index contributed by atoms with van der Waals surface area (Å²) >= 11 is 0. The lowest BCUT2D eigenvalue weighted by Gasteiger charge is -2.31. The number of nitrogens with zero attached hydrogens (tertiary/aromatic N) is 1. The molecule has 0 radical (unpaired) electrons. The molecule has 2 atom stereocenters. The van der Waals surface area contributed by atoms with Crippen LogP contribution in [0.5, 0.6) is 0 Å². The van der Waals surface area contributed by atoms with Crippen molar-refractivity contribution in [3.63, 3.8) is 0 Å². The van der Waals surface area contributed by atoms with E-state index in [-0.39, 0.29) is 24.4 Å². The van der Waals surface area contributed by atoms with Gasteiger partial charge in [-0.25, -0.2) is 4.79 Å². The average Bonchev–Trinajstić information content (AvgIpc) is 2.90. The molecule has 2 rings (SSSR count). The van der Waals surface area contributed by atoms with Crippen LogP contribution in [0.25, 0.3) is 0 Å². The molecule has 0 aliphatic carbocycles. The molecule has 2 amide bonds. The molecular formula is C13H21N3O5. The molecule has 2 aliphatic heterocycles. The number of nitrogens with two attached hydrogens (primary N) is 1. The molecule has 2 aliphatic rings. The van der Waals surface area contributed by atoms with Gasteiger partial charge in [0.25, 0.3) is 0 Å². The number of primary amides is 1. The summed E-state index contributed by atoms with van der Waals surface area (Å²) in [6.07, 6.45) is 0.739. The maximum absolute atomic E-state index is 12.0. The summed E-state index contributed by atoms with van der Waals surface area (Å²) in [6, 6.07) is 0.0362. The largest absolute Gasteiger partial charge is 0.479 e. The van der Waals surface area contributed by atoms with E-state index in [1.807, 2.05) is 4.90 Å². The number of nitrogens with one attached hydrogen (secondary N) is 1. The zero-order chi connectivity index (χ0) is 15.4. The third kappa shape index (κ3) is 4.40. The van der Waals surface area contributed by atoms with E-state index < -0.39 is 18.2 Å². The zero-order valence-corrected chi connectivity index (χ0v) is 11.8. The van der Waals surface area contributed by atoms with E-state index in [2.05, 4.69) is 5.32 Å². The van der Waals surface area contributed by atoms with Gasteiger partial charge in [-0.05, 0) is 25.7 Å². The van der Waals surface area contributed by atoms with E-state index in [0.29, 0.717) is 25.9 Å². The molecule has 0 bridgehead atoms. The number of hydrogen-bond donors (Lipinski definition) is 3. The first-order chi connectivity index (χ1) is 9.95. The number of aliphatic carboxylic acids is 1. The van der Waals surface area contributed by atoms with Crippen molar-refractivity contribution in [3.05, 3.63) is 0 Å².